The molecule has 3 rings (SSSR count). The summed E-state index contributed by atoms with van der Waals surface area (Å²) < 4.78 is 28.9. The molecule has 0 fully saturated rings. The second-order valence-corrected chi connectivity index (χ2v) is 11.0. The molecule has 3 aromatic rings. The summed E-state index contributed by atoms with van der Waals surface area (Å²) in [5.74, 6) is -0.644. The van der Waals surface area contributed by atoms with Crippen molar-refractivity contribution in [2.75, 3.05) is 5.32 Å². The van der Waals surface area contributed by atoms with Gasteiger partial charge in [-0.2, -0.15) is 4.72 Å². The number of amides is 1. The van der Waals surface area contributed by atoms with E-state index in [0.717, 1.165) is 16.9 Å². The maximum absolute atomic E-state index is 13.0. The molecule has 0 radical (unpaired) electrons. The molecule has 0 aliphatic rings. The normalized spacial score (nSPS) is 12.3. The number of carbonyl (C=O) groups is 2. The van der Waals surface area contributed by atoms with Gasteiger partial charge in [0.2, 0.25) is 5.91 Å². The molecule has 0 saturated heterocycles. The third-order valence-electron chi connectivity index (χ3n) is 4.25. The highest BCUT2D eigenvalue weighted by Crippen LogP contribution is 2.26. The molecule has 0 unspecified atom stereocenters. The first-order chi connectivity index (χ1) is 14.2. The van der Waals surface area contributed by atoms with Crippen molar-refractivity contribution in [3.05, 3.63) is 81.6 Å². The fraction of sp³-hybridized carbons (Fsp3) is 0.143. The molecule has 1 atom stereocenters. The standard InChI is InChI=1S/C21H19BrN2O4S2/c1-14(25)16-8-5-9-17(13-16)23-21(26)18(12-15-6-3-2-4-7-15)24-30(27,28)20-11-10-19(22)29-20/h2-11,13,18,24H,12H2,1H3,(H,23,26)/t18-/m1/s1. The minimum Gasteiger partial charge on any atom is -0.325 e. The van der Waals surface area contributed by atoms with Crippen LogP contribution in [0.2, 0.25) is 0 Å². The molecule has 0 aliphatic heterocycles. The number of thiophene rings is 1. The predicted octanol–water partition coefficient (Wildman–Crippen LogP) is 4.24. The molecule has 156 valence electrons. The molecular formula is C21H19BrN2O4S2. The van der Waals surface area contributed by atoms with Gasteiger partial charge in [0, 0.05) is 11.3 Å². The van der Waals surface area contributed by atoms with Gasteiger partial charge in [-0.3, -0.25) is 9.59 Å². The van der Waals surface area contributed by atoms with E-state index in [2.05, 4.69) is 26.0 Å². The van der Waals surface area contributed by atoms with Gasteiger partial charge in [0.25, 0.3) is 10.0 Å². The zero-order chi connectivity index (χ0) is 21.7. The lowest BCUT2D eigenvalue weighted by atomic mass is 10.1. The zero-order valence-electron chi connectivity index (χ0n) is 16.0. The fourth-order valence-corrected chi connectivity index (χ4v) is 5.99. The molecule has 0 spiro atoms. The van der Waals surface area contributed by atoms with E-state index in [1.54, 1.807) is 30.3 Å². The number of nitrogens with one attached hydrogen (secondary N) is 2. The molecule has 0 aliphatic carbocycles. The van der Waals surface area contributed by atoms with Crippen LogP contribution in [0.15, 0.2) is 74.7 Å². The number of sulfonamides is 1. The Bertz CT molecular complexity index is 1160. The Balaban J connectivity index is 1.86. The highest BCUT2D eigenvalue weighted by Gasteiger charge is 2.27. The fourth-order valence-electron chi connectivity index (χ4n) is 2.77. The van der Waals surface area contributed by atoms with Gasteiger partial charge in [-0.25, -0.2) is 8.42 Å². The minimum atomic E-state index is -3.89. The summed E-state index contributed by atoms with van der Waals surface area (Å²) >= 11 is 4.32. The number of Topliss-reactive ketones (excluding diaryl/α,β-unsaturated/α-hetero) is 1. The van der Waals surface area contributed by atoms with Crippen LogP contribution in [-0.4, -0.2) is 26.2 Å². The van der Waals surface area contributed by atoms with Crippen LogP contribution in [0.4, 0.5) is 5.69 Å². The summed E-state index contributed by atoms with van der Waals surface area (Å²) in [5, 5.41) is 2.71. The number of ketones is 1. The summed E-state index contributed by atoms with van der Waals surface area (Å²) in [6.45, 7) is 1.44. The van der Waals surface area contributed by atoms with Crippen LogP contribution in [0, 0.1) is 0 Å². The lowest BCUT2D eigenvalue weighted by molar-refractivity contribution is -0.117. The Hall–Kier alpha value is -2.33. The summed E-state index contributed by atoms with van der Waals surface area (Å²) in [6, 6.07) is 17.7. The number of halogens is 1. The Morgan fingerprint density at radius 1 is 1.03 bits per heavy atom. The Kier molecular flexibility index (Phi) is 7.19. The number of rotatable bonds is 8. The van der Waals surface area contributed by atoms with Gasteiger partial charge in [-0.1, -0.05) is 42.5 Å². The van der Waals surface area contributed by atoms with E-state index in [4.69, 9.17) is 0 Å². The molecule has 1 aromatic heterocycles. The molecule has 2 aromatic carbocycles. The van der Waals surface area contributed by atoms with Crippen molar-refractivity contribution in [2.24, 2.45) is 0 Å². The molecule has 0 saturated carbocycles. The van der Waals surface area contributed by atoms with Gasteiger partial charge in [0.15, 0.2) is 5.78 Å². The predicted molar refractivity (Wildman–Crippen MR) is 121 cm³/mol. The van der Waals surface area contributed by atoms with Gasteiger partial charge < -0.3 is 5.32 Å². The first-order valence-corrected chi connectivity index (χ1v) is 12.1. The molecule has 9 heteroatoms. The molecule has 0 bridgehead atoms. The van der Waals surface area contributed by atoms with Crippen molar-refractivity contribution < 1.29 is 18.0 Å². The maximum atomic E-state index is 13.0. The number of hydrogen-bond donors (Lipinski definition) is 2. The van der Waals surface area contributed by atoms with Crippen molar-refractivity contribution in [3.63, 3.8) is 0 Å². The molecule has 2 N–H and O–H groups in total. The Morgan fingerprint density at radius 2 is 1.77 bits per heavy atom. The van der Waals surface area contributed by atoms with Gasteiger partial charge in [-0.15, -0.1) is 11.3 Å². The highest BCUT2D eigenvalue weighted by atomic mass is 79.9. The topological polar surface area (TPSA) is 92.3 Å². The molecular weight excluding hydrogens is 488 g/mol. The van der Waals surface area contributed by atoms with E-state index in [-0.39, 0.29) is 16.4 Å². The van der Waals surface area contributed by atoms with E-state index < -0.39 is 22.0 Å². The maximum Gasteiger partial charge on any atom is 0.250 e. The highest BCUT2D eigenvalue weighted by molar-refractivity contribution is 9.11. The van der Waals surface area contributed by atoms with Crippen molar-refractivity contribution in [1.29, 1.82) is 0 Å². The smallest absolute Gasteiger partial charge is 0.250 e. The molecule has 1 heterocycles. The van der Waals surface area contributed by atoms with Crippen LogP contribution in [0.25, 0.3) is 0 Å². The average Bonchev–Trinajstić information content (AvgIpc) is 3.16. The quantitative estimate of drug-likeness (QED) is 0.446. The van der Waals surface area contributed by atoms with Crippen LogP contribution in [-0.2, 0) is 21.2 Å². The lowest BCUT2D eigenvalue weighted by Crippen LogP contribution is -2.45. The van der Waals surface area contributed by atoms with Crippen molar-refractivity contribution >= 4 is 54.7 Å². The molecule has 1 amide bonds. The Labute approximate surface area is 187 Å². The van der Waals surface area contributed by atoms with Crippen LogP contribution in [0.5, 0.6) is 0 Å². The summed E-state index contributed by atoms with van der Waals surface area (Å²) in [4.78, 5) is 24.6. The van der Waals surface area contributed by atoms with Crippen molar-refractivity contribution in [3.8, 4) is 0 Å². The summed E-state index contributed by atoms with van der Waals surface area (Å²) in [5.41, 5.74) is 1.69. The third-order valence-corrected chi connectivity index (χ3v) is 7.83. The van der Waals surface area contributed by atoms with Gasteiger partial charge in [0.1, 0.15) is 10.3 Å². The number of hydrogen-bond acceptors (Lipinski definition) is 5. The third kappa shape index (κ3) is 5.85. The van der Waals surface area contributed by atoms with E-state index >= 15 is 0 Å². The SMILES string of the molecule is CC(=O)c1cccc(NC(=O)[C@@H](Cc2ccccc2)NS(=O)(=O)c2ccc(Br)s2)c1. The van der Waals surface area contributed by atoms with Crippen LogP contribution >= 0.6 is 27.3 Å². The van der Waals surface area contributed by atoms with Gasteiger partial charge >= 0.3 is 0 Å². The first kappa shape index (κ1) is 22.4. The number of anilines is 1. The van der Waals surface area contributed by atoms with Crippen molar-refractivity contribution in [2.45, 2.75) is 23.6 Å². The largest absolute Gasteiger partial charge is 0.325 e. The minimum absolute atomic E-state index is 0.110. The van der Waals surface area contributed by atoms with Gasteiger partial charge in [-0.05, 0) is 59.1 Å². The number of benzene rings is 2. The summed E-state index contributed by atoms with van der Waals surface area (Å²) in [7, 11) is -3.89. The zero-order valence-corrected chi connectivity index (χ0v) is 19.2. The van der Waals surface area contributed by atoms with Crippen LogP contribution in [0.3, 0.4) is 0 Å². The monoisotopic (exact) mass is 506 g/mol. The van der Waals surface area contributed by atoms with Gasteiger partial charge in [0.05, 0.1) is 3.79 Å². The molecule has 30 heavy (non-hydrogen) atoms. The van der Waals surface area contributed by atoms with E-state index in [9.17, 15) is 18.0 Å². The Morgan fingerprint density at radius 3 is 2.40 bits per heavy atom. The second-order valence-electron chi connectivity index (χ2n) is 6.55. The first-order valence-electron chi connectivity index (χ1n) is 8.98. The van der Waals surface area contributed by atoms with E-state index in [1.165, 1.54) is 13.0 Å². The second kappa shape index (κ2) is 9.65. The van der Waals surface area contributed by atoms with E-state index in [0.29, 0.717) is 15.0 Å². The number of carbonyl (C=O) groups excluding carboxylic acids is 2. The van der Waals surface area contributed by atoms with Crippen LogP contribution in [0.1, 0.15) is 22.8 Å². The molecule has 6 nitrogen and oxygen atoms in total. The van der Waals surface area contributed by atoms with Crippen LogP contribution < -0.4 is 10.0 Å². The average molecular weight is 507 g/mol. The summed E-state index contributed by atoms with van der Waals surface area (Å²) in [6.07, 6.45) is 0.171. The van der Waals surface area contributed by atoms with Crippen molar-refractivity contribution in [1.82, 2.24) is 4.72 Å². The van der Waals surface area contributed by atoms with E-state index in [1.807, 2.05) is 30.3 Å². The lowest BCUT2D eigenvalue weighted by Gasteiger charge is -2.18.